The fourth-order valence-corrected chi connectivity index (χ4v) is 2.57. The smallest absolute Gasteiger partial charge is 0.205 e. The highest BCUT2D eigenvalue weighted by Crippen LogP contribution is 2.26. The van der Waals surface area contributed by atoms with Gasteiger partial charge < -0.3 is 5.73 Å². The highest BCUT2D eigenvalue weighted by molar-refractivity contribution is 9.10. The second-order valence-corrected chi connectivity index (χ2v) is 5.59. The molecular formula is C15H14BrN3. The molecule has 96 valence electrons. The molecule has 0 spiro atoms. The summed E-state index contributed by atoms with van der Waals surface area (Å²) in [6.07, 6.45) is 0. The molecule has 1 aromatic heterocycles. The quantitative estimate of drug-likeness (QED) is 0.738. The van der Waals surface area contributed by atoms with E-state index in [2.05, 4.69) is 65.1 Å². The largest absolute Gasteiger partial charge is 0.369 e. The number of fused-ring (bicyclic) bond motifs is 1. The third-order valence-electron chi connectivity index (χ3n) is 3.25. The number of halogens is 1. The maximum Gasteiger partial charge on any atom is 0.205 e. The fraction of sp³-hybridized carbons (Fsp3) is 0.133. The number of nitrogen functional groups attached to an aromatic ring is 1. The molecule has 0 unspecified atom stereocenters. The minimum atomic E-state index is 0.511. The maximum atomic E-state index is 6.06. The highest BCUT2D eigenvalue weighted by Gasteiger charge is 2.10. The predicted octanol–water partition coefficient (Wildman–Crippen LogP) is 3.99. The predicted molar refractivity (Wildman–Crippen MR) is 82.7 cm³/mol. The lowest BCUT2D eigenvalue weighted by molar-refractivity contribution is 1.10. The van der Waals surface area contributed by atoms with Crippen LogP contribution in [0.15, 0.2) is 40.9 Å². The Bertz CT molecular complexity index is 774. The highest BCUT2D eigenvalue weighted by atomic mass is 79.9. The number of imidazole rings is 1. The minimum Gasteiger partial charge on any atom is -0.369 e. The average molecular weight is 316 g/mol. The number of nitrogens with two attached hydrogens (primary N) is 1. The SMILES string of the molecule is Cc1ccc2c(c1)nc(N)n2-c1ccc(C)c(Br)c1. The van der Waals surface area contributed by atoms with Crippen LogP contribution < -0.4 is 5.73 Å². The van der Waals surface area contributed by atoms with Crippen molar-refractivity contribution in [2.24, 2.45) is 0 Å². The van der Waals surface area contributed by atoms with Gasteiger partial charge in [0.25, 0.3) is 0 Å². The zero-order valence-electron chi connectivity index (χ0n) is 10.8. The molecular weight excluding hydrogens is 302 g/mol. The molecule has 19 heavy (non-hydrogen) atoms. The van der Waals surface area contributed by atoms with Crippen LogP contribution in [0, 0.1) is 13.8 Å². The summed E-state index contributed by atoms with van der Waals surface area (Å²) >= 11 is 3.56. The van der Waals surface area contributed by atoms with Gasteiger partial charge in [0.15, 0.2) is 0 Å². The van der Waals surface area contributed by atoms with E-state index in [0.717, 1.165) is 21.2 Å². The van der Waals surface area contributed by atoms with E-state index >= 15 is 0 Å². The lowest BCUT2D eigenvalue weighted by atomic mass is 10.2. The number of hydrogen-bond donors (Lipinski definition) is 1. The molecule has 0 atom stereocenters. The van der Waals surface area contributed by atoms with Crippen LogP contribution in [-0.2, 0) is 0 Å². The third kappa shape index (κ3) is 2.02. The van der Waals surface area contributed by atoms with Crippen molar-refractivity contribution in [3.8, 4) is 5.69 Å². The summed E-state index contributed by atoms with van der Waals surface area (Å²) < 4.78 is 3.04. The monoisotopic (exact) mass is 315 g/mol. The van der Waals surface area contributed by atoms with E-state index in [-0.39, 0.29) is 0 Å². The molecule has 0 aliphatic carbocycles. The van der Waals surface area contributed by atoms with Crippen molar-refractivity contribution in [2.75, 3.05) is 5.73 Å². The Hall–Kier alpha value is -1.81. The van der Waals surface area contributed by atoms with Gasteiger partial charge in [0, 0.05) is 4.47 Å². The summed E-state index contributed by atoms with van der Waals surface area (Å²) in [7, 11) is 0. The van der Waals surface area contributed by atoms with Gasteiger partial charge in [-0.25, -0.2) is 4.98 Å². The Labute approximate surface area is 120 Å². The lowest BCUT2D eigenvalue weighted by Crippen LogP contribution is -2.00. The summed E-state index contributed by atoms with van der Waals surface area (Å²) in [5.74, 6) is 0.511. The van der Waals surface area contributed by atoms with E-state index < -0.39 is 0 Å². The van der Waals surface area contributed by atoms with E-state index in [1.807, 2.05) is 10.6 Å². The molecule has 0 radical (unpaired) electrons. The zero-order valence-corrected chi connectivity index (χ0v) is 12.4. The van der Waals surface area contributed by atoms with Gasteiger partial charge in [0.05, 0.1) is 16.7 Å². The minimum absolute atomic E-state index is 0.511. The maximum absolute atomic E-state index is 6.06. The molecule has 3 rings (SSSR count). The number of aromatic nitrogens is 2. The van der Waals surface area contributed by atoms with E-state index in [1.54, 1.807) is 0 Å². The fourth-order valence-electron chi connectivity index (χ4n) is 2.20. The van der Waals surface area contributed by atoms with Gasteiger partial charge in [-0.1, -0.05) is 28.1 Å². The van der Waals surface area contributed by atoms with Crippen LogP contribution in [0.3, 0.4) is 0 Å². The van der Waals surface area contributed by atoms with Crippen LogP contribution in [0.2, 0.25) is 0 Å². The van der Waals surface area contributed by atoms with Crippen LogP contribution in [0.25, 0.3) is 16.7 Å². The van der Waals surface area contributed by atoms with Gasteiger partial charge in [-0.05, 0) is 49.2 Å². The Morgan fingerprint density at radius 3 is 2.63 bits per heavy atom. The normalized spacial score (nSPS) is 11.1. The van der Waals surface area contributed by atoms with Crippen LogP contribution in [0.4, 0.5) is 5.95 Å². The first-order valence-corrected chi connectivity index (χ1v) is 6.86. The Morgan fingerprint density at radius 1 is 1.11 bits per heavy atom. The number of aryl methyl sites for hydroxylation is 2. The van der Waals surface area contributed by atoms with Gasteiger partial charge in [0.1, 0.15) is 0 Å². The first kappa shape index (κ1) is 12.2. The third-order valence-corrected chi connectivity index (χ3v) is 4.10. The van der Waals surface area contributed by atoms with E-state index in [9.17, 15) is 0 Å². The van der Waals surface area contributed by atoms with Gasteiger partial charge in [-0.2, -0.15) is 0 Å². The molecule has 0 fully saturated rings. The molecule has 0 aliphatic rings. The molecule has 0 amide bonds. The molecule has 0 saturated heterocycles. The Balaban J connectivity index is 2.29. The number of hydrogen-bond acceptors (Lipinski definition) is 2. The van der Waals surface area contributed by atoms with Crippen LogP contribution in [0.5, 0.6) is 0 Å². The van der Waals surface area contributed by atoms with Crippen molar-refractivity contribution >= 4 is 32.9 Å². The summed E-state index contributed by atoms with van der Waals surface area (Å²) in [6, 6.07) is 12.4. The lowest BCUT2D eigenvalue weighted by Gasteiger charge is -2.08. The summed E-state index contributed by atoms with van der Waals surface area (Å²) in [6.45, 7) is 4.11. The Kier molecular flexibility index (Phi) is 2.82. The van der Waals surface area contributed by atoms with Crippen LogP contribution in [0.1, 0.15) is 11.1 Å². The first-order chi connectivity index (χ1) is 9.06. The molecule has 3 aromatic rings. The van der Waals surface area contributed by atoms with Gasteiger partial charge in [0.2, 0.25) is 5.95 Å². The van der Waals surface area contributed by atoms with Crippen molar-refractivity contribution in [3.63, 3.8) is 0 Å². The molecule has 2 N–H and O–H groups in total. The Morgan fingerprint density at radius 2 is 1.89 bits per heavy atom. The number of benzene rings is 2. The second-order valence-electron chi connectivity index (χ2n) is 4.73. The second kappa shape index (κ2) is 4.38. The number of anilines is 1. The molecule has 0 saturated carbocycles. The van der Waals surface area contributed by atoms with Gasteiger partial charge in [-0.15, -0.1) is 0 Å². The summed E-state index contributed by atoms with van der Waals surface area (Å²) in [5.41, 5.74) is 11.4. The molecule has 2 aromatic carbocycles. The van der Waals surface area contributed by atoms with Crippen molar-refractivity contribution in [2.45, 2.75) is 13.8 Å². The van der Waals surface area contributed by atoms with Crippen LogP contribution >= 0.6 is 15.9 Å². The van der Waals surface area contributed by atoms with Crippen molar-refractivity contribution in [3.05, 3.63) is 52.0 Å². The van der Waals surface area contributed by atoms with Crippen molar-refractivity contribution in [1.29, 1.82) is 0 Å². The molecule has 3 nitrogen and oxygen atoms in total. The van der Waals surface area contributed by atoms with Gasteiger partial charge >= 0.3 is 0 Å². The average Bonchev–Trinajstić information content (AvgIpc) is 2.68. The first-order valence-electron chi connectivity index (χ1n) is 6.07. The van der Waals surface area contributed by atoms with E-state index in [0.29, 0.717) is 5.95 Å². The standard InChI is InChI=1S/C15H14BrN3/c1-9-3-6-14-13(7-9)18-15(17)19(14)11-5-4-10(2)12(16)8-11/h3-8H,1-2H3,(H2,17,18). The van der Waals surface area contributed by atoms with Crippen molar-refractivity contribution in [1.82, 2.24) is 9.55 Å². The van der Waals surface area contributed by atoms with Gasteiger partial charge in [-0.3, -0.25) is 4.57 Å². The van der Waals surface area contributed by atoms with E-state index in [1.165, 1.54) is 11.1 Å². The number of nitrogens with zero attached hydrogens (tertiary/aromatic N) is 2. The van der Waals surface area contributed by atoms with E-state index in [4.69, 9.17) is 5.73 Å². The van der Waals surface area contributed by atoms with Crippen LogP contribution in [-0.4, -0.2) is 9.55 Å². The molecule has 0 bridgehead atoms. The number of rotatable bonds is 1. The summed E-state index contributed by atoms with van der Waals surface area (Å²) in [5, 5.41) is 0. The summed E-state index contributed by atoms with van der Waals surface area (Å²) in [4.78, 5) is 4.43. The topological polar surface area (TPSA) is 43.8 Å². The molecule has 0 aliphatic heterocycles. The molecule has 4 heteroatoms. The van der Waals surface area contributed by atoms with Crippen molar-refractivity contribution < 1.29 is 0 Å². The molecule has 1 heterocycles. The zero-order chi connectivity index (χ0) is 13.6.